The van der Waals surface area contributed by atoms with Gasteiger partial charge in [-0.3, -0.25) is 9.59 Å². The fraction of sp³-hybridized carbons (Fsp3) is 0.241. The molecule has 5 rings (SSSR count). The number of carbonyl (C=O) groups is 2. The van der Waals surface area contributed by atoms with E-state index in [1.807, 2.05) is 103 Å². The van der Waals surface area contributed by atoms with Crippen LogP contribution in [0, 0.1) is 0 Å². The summed E-state index contributed by atoms with van der Waals surface area (Å²) in [7, 11) is 0. The molecule has 6 heteroatoms. The highest BCUT2D eigenvalue weighted by molar-refractivity contribution is 6.01. The van der Waals surface area contributed by atoms with Crippen LogP contribution in [0.3, 0.4) is 0 Å². The van der Waals surface area contributed by atoms with E-state index < -0.39 is 5.54 Å². The van der Waals surface area contributed by atoms with Crippen molar-refractivity contribution in [3.63, 3.8) is 0 Å². The Morgan fingerprint density at radius 2 is 1.71 bits per heavy atom. The molecule has 6 nitrogen and oxygen atoms in total. The molecule has 1 fully saturated rings. The first-order valence-electron chi connectivity index (χ1n) is 12.0. The standard InChI is InChI=1S/C29H29N3O3/c1-29(28(34)30-24-13-5-6-14-25(24)31-17-7-8-18-31)16-10-19-32(29)27(33)21-23(26-15-9-20-35-26)22-11-3-2-4-12-22/h2-9,11-15,17-18,20,23H,10,16,19,21H2,1H3,(H,30,34). The molecule has 2 atom stereocenters. The van der Waals surface area contributed by atoms with E-state index in [0.29, 0.717) is 18.7 Å². The van der Waals surface area contributed by atoms with Crippen molar-refractivity contribution in [2.45, 2.75) is 37.6 Å². The van der Waals surface area contributed by atoms with Crippen molar-refractivity contribution < 1.29 is 14.0 Å². The lowest BCUT2D eigenvalue weighted by Crippen LogP contribution is -2.53. The number of nitrogens with one attached hydrogen (secondary N) is 1. The minimum absolute atomic E-state index is 0.0518. The van der Waals surface area contributed by atoms with E-state index in [9.17, 15) is 9.59 Å². The van der Waals surface area contributed by atoms with Gasteiger partial charge in [-0.2, -0.15) is 0 Å². The molecule has 2 aromatic carbocycles. The van der Waals surface area contributed by atoms with E-state index in [1.165, 1.54) is 0 Å². The number of para-hydroxylation sites is 2. The average molecular weight is 468 g/mol. The van der Waals surface area contributed by atoms with Crippen molar-refractivity contribution in [1.29, 1.82) is 0 Å². The van der Waals surface area contributed by atoms with Gasteiger partial charge in [0.1, 0.15) is 11.3 Å². The zero-order valence-electron chi connectivity index (χ0n) is 19.8. The number of hydrogen-bond donors (Lipinski definition) is 1. The van der Waals surface area contributed by atoms with Crippen LogP contribution in [0.1, 0.15) is 43.4 Å². The van der Waals surface area contributed by atoms with Gasteiger partial charge in [0.05, 0.1) is 23.6 Å². The first-order chi connectivity index (χ1) is 17.1. The largest absolute Gasteiger partial charge is 0.469 e. The highest BCUT2D eigenvalue weighted by Crippen LogP contribution is 2.35. The molecule has 1 aliphatic heterocycles. The molecule has 2 amide bonds. The summed E-state index contributed by atoms with van der Waals surface area (Å²) in [6.07, 6.45) is 7.15. The Kier molecular flexibility index (Phi) is 6.27. The van der Waals surface area contributed by atoms with Crippen LogP contribution in [0.2, 0.25) is 0 Å². The number of hydrogen-bond acceptors (Lipinski definition) is 3. The lowest BCUT2D eigenvalue weighted by molar-refractivity contribution is -0.141. The Labute approximate surface area is 205 Å². The summed E-state index contributed by atoms with van der Waals surface area (Å²) in [6.45, 7) is 2.43. The number of nitrogens with zero attached hydrogens (tertiary/aromatic N) is 2. The van der Waals surface area contributed by atoms with Gasteiger partial charge in [0.25, 0.3) is 0 Å². The lowest BCUT2D eigenvalue weighted by atomic mass is 9.91. The number of anilines is 1. The molecule has 1 aliphatic rings. The Morgan fingerprint density at radius 3 is 2.46 bits per heavy atom. The number of amides is 2. The average Bonchev–Trinajstić information content (AvgIpc) is 3.66. The van der Waals surface area contributed by atoms with Crippen molar-refractivity contribution in [1.82, 2.24) is 9.47 Å². The SMILES string of the molecule is CC1(C(=O)Nc2ccccc2-n2cccc2)CCCN1C(=O)CC(c1ccccc1)c1ccco1. The van der Waals surface area contributed by atoms with Crippen LogP contribution >= 0.6 is 0 Å². The lowest BCUT2D eigenvalue weighted by Gasteiger charge is -2.35. The molecule has 178 valence electrons. The smallest absolute Gasteiger partial charge is 0.250 e. The zero-order valence-corrected chi connectivity index (χ0v) is 19.8. The minimum atomic E-state index is -0.925. The molecular weight excluding hydrogens is 438 g/mol. The first-order valence-corrected chi connectivity index (χ1v) is 12.0. The van der Waals surface area contributed by atoms with E-state index >= 15 is 0 Å². The predicted molar refractivity (Wildman–Crippen MR) is 135 cm³/mol. The number of aromatic nitrogens is 1. The predicted octanol–water partition coefficient (Wildman–Crippen LogP) is 5.61. The van der Waals surface area contributed by atoms with E-state index in [0.717, 1.165) is 23.4 Å². The third kappa shape index (κ3) is 4.52. The second kappa shape index (κ2) is 9.66. The van der Waals surface area contributed by atoms with E-state index in [2.05, 4.69) is 5.32 Å². The molecule has 0 radical (unpaired) electrons. The number of furan rings is 1. The van der Waals surface area contributed by atoms with Crippen LogP contribution < -0.4 is 5.32 Å². The van der Waals surface area contributed by atoms with Gasteiger partial charge in [-0.1, -0.05) is 42.5 Å². The van der Waals surface area contributed by atoms with Crippen LogP contribution in [-0.4, -0.2) is 33.4 Å². The first kappa shape index (κ1) is 22.7. The van der Waals surface area contributed by atoms with Crippen molar-refractivity contribution >= 4 is 17.5 Å². The summed E-state index contributed by atoms with van der Waals surface area (Å²) in [4.78, 5) is 29.0. The molecule has 2 unspecified atom stereocenters. The highest BCUT2D eigenvalue weighted by atomic mass is 16.3. The van der Waals surface area contributed by atoms with Crippen molar-refractivity contribution in [2.24, 2.45) is 0 Å². The summed E-state index contributed by atoms with van der Waals surface area (Å²) in [5.41, 5.74) is 1.69. The quantitative estimate of drug-likeness (QED) is 0.384. The maximum Gasteiger partial charge on any atom is 0.250 e. The maximum absolute atomic E-state index is 13.7. The van der Waals surface area contributed by atoms with Gasteiger partial charge in [0, 0.05) is 25.4 Å². The van der Waals surface area contributed by atoms with Crippen LogP contribution in [0.25, 0.3) is 5.69 Å². The van der Waals surface area contributed by atoms with Gasteiger partial charge in [0.2, 0.25) is 11.8 Å². The molecule has 3 heterocycles. The summed E-state index contributed by atoms with van der Waals surface area (Å²) < 4.78 is 7.65. The molecule has 1 N–H and O–H groups in total. The highest BCUT2D eigenvalue weighted by Gasteiger charge is 2.46. The molecule has 0 spiro atoms. The Hall–Kier alpha value is -4.06. The number of likely N-dealkylation sites (tertiary alicyclic amines) is 1. The fourth-order valence-corrected chi connectivity index (χ4v) is 5.00. The fourth-order valence-electron chi connectivity index (χ4n) is 5.00. The molecule has 1 saturated heterocycles. The second-order valence-corrected chi connectivity index (χ2v) is 9.17. The molecule has 4 aromatic rings. The summed E-state index contributed by atoms with van der Waals surface area (Å²) in [5.74, 6) is 0.318. The van der Waals surface area contributed by atoms with Crippen LogP contribution in [0.15, 0.2) is 102 Å². The summed E-state index contributed by atoms with van der Waals surface area (Å²) >= 11 is 0. The third-order valence-corrected chi connectivity index (χ3v) is 6.93. The molecule has 0 aliphatic carbocycles. The van der Waals surface area contributed by atoms with Crippen LogP contribution in [0.4, 0.5) is 5.69 Å². The van der Waals surface area contributed by atoms with E-state index in [1.54, 1.807) is 11.2 Å². The topological polar surface area (TPSA) is 67.5 Å². The Bertz CT molecular complexity index is 1280. The second-order valence-electron chi connectivity index (χ2n) is 9.17. The van der Waals surface area contributed by atoms with Gasteiger partial charge in [0.15, 0.2) is 0 Å². The number of rotatable bonds is 7. The van der Waals surface area contributed by atoms with E-state index in [4.69, 9.17) is 4.42 Å². The summed E-state index contributed by atoms with van der Waals surface area (Å²) in [5, 5.41) is 3.11. The Balaban J connectivity index is 1.37. The molecule has 0 bridgehead atoms. The van der Waals surface area contributed by atoms with Crippen molar-refractivity contribution in [3.8, 4) is 5.69 Å². The number of carbonyl (C=O) groups excluding carboxylic acids is 2. The van der Waals surface area contributed by atoms with Gasteiger partial charge in [-0.25, -0.2) is 0 Å². The molecule has 35 heavy (non-hydrogen) atoms. The summed E-state index contributed by atoms with van der Waals surface area (Å²) in [6, 6.07) is 25.2. The van der Waals surface area contributed by atoms with Crippen molar-refractivity contribution in [2.75, 3.05) is 11.9 Å². The maximum atomic E-state index is 13.7. The monoisotopic (exact) mass is 467 g/mol. The van der Waals surface area contributed by atoms with Crippen LogP contribution in [-0.2, 0) is 9.59 Å². The Morgan fingerprint density at radius 1 is 0.971 bits per heavy atom. The minimum Gasteiger partial charge on any atom is -0.469 e. The van der Waals surface area contributed by atoms with Crippen LogP contribution in [0.5, 0.6) is 0 Å². The third-order valence-electron chi connectivity index (χ3n) is 6.93. The van der Waals surface area contributed by atoms with Gasteiger partial charge in [-0.15, -0.1) is 0 Å². The number of benzene rings is 2. The van der Waals surface area contributed by atoms with Crippen molar-refractivity contribution in [3.05, 3.63) is 109 Å². The normalized spacial score (nSPS) is 18.4. The molecule has 2 aromatic heterocycles. The molecular formula is C29H29N3O3. The van der Waals surface area contributed by atoms with Gasteiger partial charge >= 0.3 is 0 Å². The van der Waals surface area contributed by atoms with Gasteiger partial charge < -0.3 is 19.2 Å². The van der Waals surface area contributed by atoms with Gasteiger partial charge in [-0.05, 0) is 61.7 Å². The zero-order chi connectivity index (χ0) is 24.3. The van der Waals surface area contributed by atoms with E-state index in [-0.39, 0.29) is 24.2 Å². The molecule has 0 saturated carbocycles.